The summed E-state index contributed by atoms with van der Waals surface area (Å²) < 4.78 is 0. The highest BCUT2D eigenvalue weighted by atomic mass is 35.5. The maximum atomic E-state index is 6.31. The normalized spacial score (nSPS) is 23.5. The van der Waals surface area contributed by atoms with Crippen LogP contribution in [0.5, 0.6) is 0 Å². The number of anilines is 2. The lowest BCUT2D eigenvalue weighted by Crippen LogP contribution is -2.41. The SMILES string of the molecule is CCNc1nc(N2CC(C)SC(C)C2)c(Cl)cc1Cl. The van der Waals surface area contributed by atoms with Gasteiger partial charge in [0.2, 0.25) is 0 Å². The maximum absolute atomic E-state index is 6.31. The van der Waals surface area contributed by atoms with Gasteiger partial charge in [0.05, 0.1) is 10.0 Å². The predicted molar refractivity (Wildman–Crippen MR) is 87.1 cm³/mol. The molecule has 2 unspecified atom stereocenters. The third-order valence-electron chi connectivity index (χ3n) is 2.97. The van der Waals surface area contributed by atoms with Crippen LogP contribution in [0.15, 0.2) is 6.07 Å². The minimum absolute atomic E-state index is 0.572. The van der Waals surface area contributed by atoms with Gasteiger partial charge in [-0.2, -0.15) is 11.8 Å². The summed E-state index contributed by atoms with van der Waals surface area (Å²) >= 11 is 14.5. The zero-order chi connectivity index (χ0) is 14.0. The van der Waals surface area contributed by atoms with E-state index in [-0.39, 0.29) is 0 Å². The number of aromatic nitrogens is 1. The summed E-state index contributed by atoms with van der Waals surface area (Å²) in [4.78, 5) is 6.85. The molecule has 1 aromatic heterocycles. The van der Waals surface area contributed by atoms with Crippen LogP contribution in [-0.2, 0) is 0 Å². The number of nitrogens with one attached hydrogen (secondary N) is 1. The Bertz CT molecular complexity index is 446. The lowest BCUT2D eigenvalue weighted by molar-refractivity contribution is 0.719. The van der Waals surface area contributed by atoms with Gasteiger partial charge in [-0.1, -0.05) is 37.0 Å². The van der Waals surface area contributed by atoms with Crippen LogP contribution in [0.3, 0.4) is 0 Å². The number of halogens is 2. The number of hydrogen-bond acceptors (Lipinski definition) is 4. The fraction of sp³-hybridized carbons (Fsp3) is 0.615. The number of nitrogens with zero attached hydrogens (tertiary/aromatic N) is 2. The third-order valence-corrected chi connectivity index (χ3v) is 4.77. The fourth-order valence-electron chi connectivity index (χ4n) is 2.32. The second kappa shape index (κ2) is 6.42. The van der Waals surface area contributed by atoms with Crippen LogP contribution in [0.1, 0.15) is 20.8 Å². The second-order valence-electron chi connectivity index (χ2n) is 4.82. The van der Waals surface area contributed by atoms with Gasteiger partial charge in [0.1, 0.15) is 11.6 Å². The highest BCUT2D eigenvalue weighted by molar-refractivity contribution is 8.00. The Kier molecular flexibility index (Phi) is 5.09. The molecule has 2 atom stereocenters. The molecule has 1 N–H and O–H groups in total. The molecule has 0 aromatic carbocycles. The summed E-state index contributed by atoms with van der Waals surface area (Å²) in [5, 5.41) is 5.53. The summed E-state index contributed by atoms with van der Waals surface area (Å²) in [6.45, 7) is 9.22. The average molecular weight is 320 g/mol. The molecule has 19 heavy (non-hydrogen) atoms. The largest absolute Gasteiger partial charge is 0.369 e. The van der Waals surface area contributed by atoms with E-state index in [0.29, 0.717) is 26.4 Å². The van der Waals surface area contributed by atoms with Crippen molar-refractivity contribution in [1.82, 2.24) is 4.98 Å². The van der Waals surface area contributed by atoms with Crippen molar-refractivity contribution >= 4 is 46.6 Å². The van der Waals surface area contributed by atoms with Crippen molar-refractivity contribution < 1.29 is 0 Å². The molecule has 0 amide bonds. The van der Waals surface area contributed by atoms with Crippen LogP contribution in [0.4, 0.5) is 11.6 Å². The van der Waals surface area contributed by atoms with Crippen molar-refractivity contribution in [1.29, 1.82) is 0 Å². The number of thioether (sulfide) groups is 1. The van der Waals surface area contributed by atoms with Crippen molar-refractivity contribution in [3.8, 4) is 0 Å². The molecule has 1 fully saturated rings. The summed E-state index contributed by atoms with van der Waals surface area (Å²) in [5.74, 6) is 1.54. The summed E-state index contributed by atoms with van der Waals surface area (Å²) in [6, 6.07) is 1.78. The second-order valence-corrected chi connectivity index (χ2v) is 7.51. The first kappa shape index (κ1) is 15.1. The number of hydrogen-bond donors (Lipinski definition) is 1. The Labute approximate surface area is 129 Å². The molecule has 2 heterocycles. The van der Waals surface area contributed by atoms with Gasteiger partial charge in [0.25, 0.3) is 0 Å². The number of rotatable bonds is 3. The van der Waals surface area contributed by atoms with Gasteiger partial charge in [-0.05, 0) is 13.0 Å². The molecular weight excluding hydrogens is 301 g/mol. The van der Waals surface area contributed by atoms with E-state index in [1.54, 1.807) is 6.07 Å². The smallest absolute Gasteiger partial charge is 0.150 e. The molecule has 1 aliphatic rings. The monoisotopic (exact) mass is 319 g/mol. The maximum Gasteiger partial charge on any atom is 0.150 e. The fourth-order valence-corrected chi connectivity index (χ4v) is 4.19. The molecule has 106 valence electrons. The van der Waals surface area contributed by atoms with Crippen molar-refractivity contribution in [3.05, 3.63) is 16.1 Å². The van der Waals surface area contributed by atoms with Crippen molar-refractivity contribution in [2.24, 2.45) is 0 Å². The van der Waals surface area contributed by atoms with Gasteiger partial charge >= 0.3 is 0 Å². The molecule has 6 heteroatoms. The van der Waals surface area contributed by atoms with E-state index in [4.69, 9.17) is 23.2 Å². The molecule has 0 bridgehead atoms. The van der Waals surface area contributed by atoms with Crippen molar-refractivity contribution in [3.63, 3.8) is 0 Å². The molecule has 1 saturated heterocycles. The summed E-state index contributed by atoms with van der Waals surface area (Å²) in [7, 11) is 0. The number of pyridine rings is 1. The molecule has 0 aliphatic carbocycles. The standard InChI is InChI=1S/C13H19Cl2N3S/c1-4-16-12-10(14)5-11(15)13(17-12)18-6-8(2)19-9(3)7-18/h5,8-9H,4,6-7H2,1-3H3,(H,16,17). The Hall–Kier alpha value is -0.320. The highest BCUT2D eigenvalue weighted by Crippen LogP contribution is 2.35. The van der Waals surface area contributed by atoms with Crippen LogP contribution in [0.2, 0.25) is 10.0 Å². The first-order valence-corrected chi connectivity index (χ1v) is 8.21. The van der Waals surface area contributed by atoms with Crippen LogP contribution in [0, 0.1) is 0 Å². The Balaban J connectivity index is 2.30. The summed E-state index contributed by atoms with van der Waals surface area (Å²) in [5.41, 5.74) is 0. The molecule has 2 rings (SSSR count). The summed E-state index contributed by atoms with van der Waals surface area (Å²) in [6.07, 6.45) is 0. The molecule has 1 aliphatic heterocycles. The van der Waals surface area contributed by atoms with Crippen molar-refractivity contribution in [2.75, 3.05) is 29.9 Å². The average Bonchev–Trinajstić information content (AvgIpc) is 2.31. The molecule has 1 aromatic rings. The zero-order valence-corrected chi connectivity index (χ0v) is 13.7. The van der Waals surface area contributed by atoms with Crippen molar-refractivity contribution in [2.45, 2.75) is 31.3 Å². The van der Waals surface area contributed by atoms with E-state index in [0.717, 1.165) is 25.5 Å². The van der Waals surface area contributed by atoms with Gasteiger partial charge in [0, 0.05) is 30.1 Å². The lowest BCUT2D eigenvalue weighted by atomic mass is 10.3. The first-order chi connectivity index (χ1) is 9.01. The highest BCUT2D eigenvalue weighted by Gasteiger charge is 2.25. The minimum atomic E-state index is 0.572. The lowest BCUT2D eigenvalue weighted by Gasteiger charge is -2.36. The van der Waals surface area contributed by atoms with Gasteiger partial charge in [-0.3, -0.25) is 0 Å². The topological polar surface area (TPSA) is 28.2 Å². The van der Waals surface area contributed by atoms with Crippen LogP contribution in [0.25, 0.3) is 0 Å². The van der Waals surface area contributed by atoms with E-state index in [1.165, 1.54) is 0 Å². The van der Waals surface area contributed by atoms with E-state index in [9.17, 15) is 0 Å². The van der Waals surface area contributed by atoms with Crippen LogP contribution >= 0.6 is 35.0 Å². The van der Waals surface area contributed by atoms with E-state index < -0.39 is 0 Å². The predicted octanol–water partition coefficient (Wildman–Crippen LogP) is 4.15. The quantitative estimate of drug-likeness (QED) is 0.905. The Morgan fingerprint density at radius 1 is 1.32 bits per heavy atom. The molecular formula is C13H19Cl2N3S. The van der Waals surface area contributed by atoms with E-state index in [1.807, 2.05) is 18.7 Å². The van der Waals surface area contributed by atoms with Crippen LogP contribution < -0.4 is 10.2 Å². The first-order valence-electron chi connectivity index (χ1n) is 6.51. The Morgan fingerprint density at radius 3 is 2.53 bits per heavy atom. The third kappa shape index (κ3) is 3.61. The Morgan fingerprint density at radius 2 is 1.95 bits per heavy atom. The van der Waals surface area contributed by atoms with E-state index in [2.05, 4.69) is 29.0 Å². The van der Waals surface area contributed by atoms with Gasteiger partial charge in [0.15, 0.2) is 0 Å². The van der Waals surface area contributed by atoms with Crippen LogP contribution in [-0.4, -0.2) is 35.1 Å². The molecule has 0 radical (unpaired) electrons. The van der Waals surface area contributed by atoms with E-state index >= 15 is 0 Å². The van der Waals surface area contributed by atoms with Gasteiger partial charge < -0.3 is 10.2 Å². The molecule has 0 saturated carbocycles. The molecule has 0 spiro atoms. The minimum Gasteiger partial charge on any atom is -0.369 e. The van der Waals surface area contributed by atoms with Gasteiger partial charge in [-0.25, -0.2) is 4.98 Å². The zero-order valence-electron chi connectivity index (χ0n) is 11.4. The van der Waals surface area contributed by atoms with Gasteiger partial charge in [-0.15, -0.1) is 0 Å². The molecule has 3 nitrogen and oxygen atoms in total.